The van der Waals surface area contributed by atoms with Gasteiger partial charge in [-0.1, -0.05) is 28.1 Å². The minimum atomic E-state index is -1.03. The number of hydrogen-bond acceptors (Lipinski definition) is 1. The van der Waals surface area contributed by atoms with Crippen LogP contribution in [0.1, 0.15) is 18.9 Å². The summed E-state index contributed by atoms with van der Waals surface area (Å²) in [5, 5.41) is 3.27. The van der Waals surface area contributed by atoms with Crippen LogP contribution in [0.5, 0.6) is 0 Å². The largest absolute Gasteiger partial charge is 0.316 e. The van der Waals surface area contributed by atoms with Crippen LogP contribution in [-0.2, 0) is 6.42 Å². The molecule has 1 N–H and O–H groups in total. The zero-order valence-corrected chi connectivity index (χ0v) is 11.1. The predicted octanol–water partition coefficient (Wildman–Crippen LogP) is 3.33. The molecule has 1 nitrogen and oxygen atoms in total. The van der Waals surface area contributed by atoms with Gasteiger partial charge in [0.1, 0.15) is 5.67 Å². The number of benzene rings is 1. The first-order chi connectivity index (χ1) is 7.58. The van der Waals surface area contributed by atoms with E-state index < -0.39 is 5.67 Å². The van der Waals surface area contributed by atoms with Crippen LogP contribution < -0.4 is 5.32 Å². The third-order valence-corrected chi connectivity index (χ3v) is 3.96. The number of halogens is 2. The van der Waals surface area contributed by atoms with Crippen molar-refractivity contribution >= 4 is 15.9 Å². The van der Waals surface area contributed by atoms with Gasteiger partial charge in [0.2, 0.25) is 0 Å². The van der Waals surface area contributed by atoms with E-state index in [0.717, 1.165) is 24.0 Å². The molecular formula is C13H17BrFN. The molecule has 1 saturated heterocycles. The van der Waals surface area contributed by atoms with E-state index in [9.17, 15) is 4.39 Å². The number of piperidine rings is 1. The topological polar surface area (TPSA) is 12.0 Å². The van der Waals surface area contributed by atoms with Crippen molar-refractivity contribution in [2.24, 2.45) is 5.92 Å². The van der Waals surface area contributed by atoms with E-state index >= 15 is 0 Å². The Morgan fingerprint density at radius 1 is 1.44 bits per heavy atom. The Balaban J connectivity index is 2.05. The molecule has 0 spiro atoms. The molecule has 1 fully saturated rings. The summed E-state index contributed by atoms with van der Waals surface area (Å²) in [6.45, 7) is 3.31. The van der Waals surface area contributed by atoms with E-state index in [2.05, 4.69) is 33.4 Å². The standard InChI is InChI=1S/C13H17BrFN/c1-13(15)6-7-16-9-11(13)8-10-2-4-12(14)5-3-10/h2-5,11,16H,6-9H2,1H3. The van der Waals surface area contributed by atoms with Crippen LogP contribution >= 0.6 is 15.9 Å². The fraction of sp³-hybridized carbons (Fsp3) is 0.538. The predicted molar refractivity (Wildman–Crippen MR) is 68.3 cm³/mol. The lowest BCUT2D eigenvalue weighted by atomic mass is 9.81. The van der Waals surface area contributed by atoms with E-state index in [0.29, 0.717) is 6.42 Å². The summed E-state index contributed by atoms with van der Waals surface area (Å²) in [5.74, 6) is 0.0856. The van der Waals surface area contributed by atoms with Crippen molar-refractivity contribution in [1.29, 1.82) is 0 Å². The van der Waals surface area contributed by atoms with Crippen LogP contribution in [0.15, 0.2) is 28.7 Å². The van der Waals surface area contributed by atoms with Crippen LogP contribution in [0.3, 0.4) is 0 Å². The van der Waals surface area contributed by atoms with E-state index in [1.54, 1.807) is 6.92 Å². The SMILES string of the molecule is CC1(F)CCNCC1Cc1ccc(Br)cc1. The maximum atomic E-state index is 14.3. The summed E-state index contributed by atoms with van der Waals surface area (Å²) in [6.07, 6.45) is 1.43. The van der Waals surface area contributed by atoms with Crippen molar-refractivity contribution in [1.82, 2.24) is 5.32 Å². The van der Waals surface area contributed by atoms with Gasteiger partial charge in [0.15, 0.2) is 0 Å². The molecule has 88 valence electrons. The average Bonchev–Trinajstić information content (AvgIpc) is 2.24. The summed E-state index contributed by atoms with van der Waals surface area (Å²) >= 11 is 3.41. The molecule has 1 aliphatic heterocycles. The highest BCUT2D eigenvalue weighted by Crippen LogP contribution is 2.31. The second-order valence-electron chi connectivity index (χ2n) is 4.76. The molecule has 0 saturated carbocycles. The van der Waals surface area contributed by atoms with Crippen LogP contribution in [0.25, 0.3) is 0 Å². The Hall–Kier alpha value is -0.410. The molecule has 0 amide bonds. The van der Waals surface area contributed by atoms with Crippen LogP contribution in [0, 0.1) is 5.92 Å². The Bertz CT molecular complexity index is 347. The molecule has 2 atom stereocenters. The molecular weight excluding hydrogens is 269 g/mol. The monoisotopic (exact) mass is 285 g/mol. The van der Waals surface area contributed by atoms with Gasteiger partial charge in [-0.2, -0.15) is 0 Å². The van der Waals surface area contributed by atoms with E-state index in [1.165, 1.54) is 5.56 Å². The van der Waals surface area contributed by atoms with Gasteiger partial charge in [0, 0.05) is 16.9 Å². The normalized spacial score (nSPS) is 30.3. The second kappa shape index (κ2) is 4.84. The smallest absolute Gasteiger partial charge is 0.113 e. The molecule has 0 aromatic heterocycles. The highest BCUT2D eigenvalue weighted by Gasteiger charge is 2.36. The first kappa shape index (κ1) is 12.1. The van der Waals surface area contributed by atoms with Gasteiger partial charge in [0.25, 0.3) is 0 Å². The maximum absolute atomic E-state index is 14.3. The Kier molecular flexibility index (Phi) is 3.65. The highest BCUT2D eigenvalue weighted by atomic mass is 79.9. The molecule has 1 heterocycles. The molecule has 1 aromatic carbocycles. The summed E-state index contributed by atoms with van der Waals surface area (Å²) in [4.78, 5) is 0. The van der Waals surface area contributed by atoms with Crippen LogP contribution in [-0.4, -0.2) is 18.8 Å². The van der Waals surface area contributed by atoms with Crippen molar-refractivity contribution < 1.29 is 4.39 Å². The maximum Gasteiger partial charge on any atom is 0.113 e. The molecule has 1 aromatic rings. The third kappa shape index (κ3) is 2.83. The lowest BCUT2D eigenvalue weighted by Gasteiger charge is -2.35. The van der Waals surface area contributed by atoms with Gasteiger partial charge >= 0.3 is 0 Å². The van der Waals surface area contributed by atoms with Gasteiger partial charge < -0.3 is 5.32 Å². The summed E-state index contributed by atoms with van der Waals surface area (Å²) in [7, 11) is 0. The molecule has 0 bridgehead atoms. The summed E-state index contributed by atoms with van der Waals surface area (Å²) in [6, 6.07) is 8.16. The number of nitrogens with one attached hydrogen (secondary N) is 1. The Morgan fingerprint density at radius 3 is 2.75 bits per heavy atom. The van der Waals surface area contributed by atoms with E-state index in [-0.39, 0.29) is 5.92 Å². The molecule has 1 aliphatic rings. The molecule has 2 unspecified atom stereocenters. The van der Waals surface area contributed by atoms with E-state index in [1.807, 2.05) is 12.1 Å². The fourth-order valence-electron chi connectivity index (χ4n) is 2.22. The number of alkyl halides is 1. The minimum Gasteiger partial charge on any atom is -0.316 e. The van der Waals surface area contributed by atoms with Gasteiger partial charge in [0.05, 0.1) is 0 Å². The first-order valence-electron chi connectivity index (χ1n) is 5.72. The number of hydrogen-bond donors (Lipinski definition) is 1. The zero-order chi connectivity index (χ0) is 11.6. The summed E-state index contributed by atoms with van der Waals surface area (Å²) < 4.78 is 15.3. The molecule has 0 aliphatic carbocycles. The van der Waals surface area contributed by atoms with Gasteiger partial charge in [-0.3, -0.25) is 0 Å². The minimum absolute atomic E-state index is 0.0856. The zero-order valence-electron chi connectivity index (χ0n) is 9.47. The Labute approximate surface area is 105 Å². The van der Waals surface area contributed by atoms with Gasteiger partial charge in [-0.15, -0.1) is 0 Å². The average molecular weight is 286 g/mol. The third-order valence-electron chi connectivity index (χ3n) is 3.43. The quantitative estimate of drug-likeness (QED) is 0.879. The number of rotatable bonds is 2. The molecule has 2 rings (SSSR count). The van der Waals surface area contributed by atoms with Gasteiger partial charge in [-0.25, -0.2) is 4.39 Å². The van der Waals surface area contributed by atoms with Crippen LogP contribution in [0.2, 0.25) is 0 Å². The Morgan fingerprint density at radius 2 is 2.12 bits per heavy atom. The fourth-order valence-corrected chi connectivity index (χ4v) is 2.48. The van der Waals surface area contributed by atoms with Crippen LogP contribution in [0.4, 0.5) is 4.39 Å². The van der Waals surface area contributed by atoms with Crippen molar-refractivity contribution in [3.63, 3.8) is 0 Å². The van der Waals surface area contributed by atoms with Crippen molar-refractivity contribution in [2.75, 3.05) is 13.1 Å². The lowest BCUT2D eigenvalue weighted by molar-refractivity contribution is 0.0676. The second-order valence-corrected chi connectivity index (χ2v) is 5.68. The van der Waals surface area contributed by atoms with Crippen molar-refractivity contribution in [3.8, 4) is 0 Å². The van der Waals surface area contributed by atoms with Gasteiger partial charge in [-0.05, 0) is 44.0 Å². The highest BCUT2D eigenvalue weighted by molar-refractivity contribution is 9.10. The molecule has 3 heteroatoms. The van der Waals surface area contributed by atoms with Crippen molar-refractivity contribution in [3.05, 3.63) is 34.3 Å². The lowest BCUT2D eigenvalue weighted by Crippen LogP contribution is -2.46. The van der Waals surface area contributed by atoms with Crippen molar-refractivity contribution in [2.45, 2.75) is 25.4 Å². The van der Waals surface area contributed by atoms with E-state index in [4.69, 9.17) is 0 Å². The molecule has 0 radical (unpaired) electrons. The molecule has 16 heavy (non-hydrogen) atoms. The first-order valence-corrected chi connectivity index (χ1v) is 6.51. The summed E-state index contributed by atoms with van der Waals surface area (Å²) in [5.41, 5.74) is 0.180.